The number of carbonyl (C=O) groups is 2. The van der Waals surface area contributed by atoms with Crippen molar-refractivity contribution >= 4 is 11.8 Å². The van der Waals surface area contributed by atoms with Gasteiger partial charge in [0, 0.05) is 18.7 Å². The van der Waals surface area contributed by atoms with E-state index in [4.69, 9.17) is 14.2 Å². The summed E-state index contributed by atoms with van der Waals surface area (Å²) in [5.41, 5.74) is 0.452. The average molecular weight is 348 g/mol. The van der Waals surface area contributed by atoms with E-state index in [0.717, 1.165) is 0 Å². The van der Waals surface area contributed by atoms with Crippen molar-refractivity contribution in [1.82, 2.24) is 10.2 Å². The van der Waals surface area contributed by atoms with Crippen LogP contribution in [0.25, 0.3) is 0 Å². The molecule has 1 aromatic carbocycles. The van der Waals surface area contributed by atoms with Gasteiger partial charge in [0.1, 0.15) is 6.04 Å². The minimum Gasteiger partial charge on any atom is -0.454 e. The van der Waals surface area contributed by atoms with E-state index < -0.39 is 6.04 Å². The maximum atomic E-state index is 12.8. The number of morpholine rings is 1. The Labute approximate surface area is 147 Å². The van der Waals surface area contributed by atoms with Crippen LogP contribution in [0.2, 0.25) is 0 Å². The van der Waals surface area contributed by atoms with E-state index in [0.29, 0.717) is 49.8 Å². The molecule has 7 heteroatoms. The van der Waals surface area contributed by atoms with Gasteiger partial charge in [-0.2, -0.15) is 0 Å². The van der Waals surface area contributed by atoms with Crippen LogP contribution in [0.4, 0.5) is 0 Å². The van der Waals surface area contributed by atoms with Crippen LogP contribution >= 0.6 is 0 Å². The number of nitrogens with zero attached hydrogens (tertiary/aromatic N) is 1. The third kappa shape index (κ3) is 4.22. The number of benzene rings is 1. The van der Waals surface area contributed by atoms with E-state index in [-0.39, 0.29) is 24.5 Å². The van der Waals surface area contributed by atoms with E-state index in [1.807, 2.05) is 13.8 Å². The SMILES string of the molecule is CC(C)C[C@H](NC(=O)c1ccc2c(c1)OCO2)C(=O)N1CCOCC1. The minimum atomic E-state index is -0.545. The zero-order chi connectivity index (χ0) is 17.8. The van der Waals surface area contributed by atoms with Crippen LogP contribution in [0, 0.1) is 5.92 Å². The van der Waals surface area contributed by atoms with Gasteiger partial charge in [-0.05, 0) is 30.5 Å². The Morgan fingerprint density at radius 2 is 1.88 bits per heavy atom. The van der Waals surface area contributed by atoms with Gasteiger partial charge < -0.3 is 24.4 Å². The van der Waals surface area contributed by atoms with Crippen molar-refractivity contribution in [2.45, 2.75) is 26.3 Å². The van der Waals surface area contributed by atoms with Crippen molar-refractivity contribution in [3.05, 3.63) is 23.8 Å². The molecule has 7 nitrogen and oxygen atoms in total. The van der Waals surface area contributed by atoms with Crippen molar-refractivity contribution in [3.63, 3.8) is 0 Å². The number of rotatable bonds is 5. The number of hydrogen-bond acceptors (Lipinski definition) is 5. The fourth-order valence-corrected chi connectivity index (χ4v) is 2.98. The Hall–Kier alpha value is -2.28. The van der Waals surface area contributed by atoms with Crippen molar-refractivity contribution in [1.29, 1.82) is 0 Å². The van der Waals surface area contributed by atoms with Gasteiger partial charge in [-0.1, -0.05) is 13.8 Å². The molecule has 1 atom stereocenters. The van der Waals surface area contributed by atoms with E-state index in [1.54, 1.807) is 23.1 Å². The zero-order valence-corrected chi connectivity index (χ0v) is 14.6. The van der Waals surface area contributed by atoms with Gasteiger partial charge in [0.05, 0.1) is 13.2 Å². The number of nitrogens with one attached hydrogen (secondary N) is 1. The highest BCUT2D eigenvalue weighted by Gasteiger charge is 2.28. The molecule has 2 aliphatic heterocycles. The van der Waals surface area contributed by atoms with Crippen LogP contribution in [0.3, 0.4) is 0 Å². The summed E-state index contributed by atoms with van der Waals surface area (Å²) in [6, 6.07) is 4.48. The molecule has 0 aliphatic carbocycles. The Balaban J connectivity index is 1.70. The molecular weight excluding hydrogens is 324 g/mol. The summed E-state index contributed by atoms with van der Waals surface area (Å²) in [5, 5.41) is 2.89. The smallest absolute Gasteiger partial charge is 0.252 e. The summed E-state index contributed by atoms with van der Waals surface area (Å²) in [6.45, 7) is 6.43. The minimum absolute atomic E-state index is 0.0499. The number of hydrogen-bond donors (Lipinski definition) is 1. The Bertz CT molecular complexity index is 640. The molecule has 2 heterocycles. The summed E-state index contributed by atoms with van der Waals surface area (Å²) in [5.74, 6) is 1.12. The molecule has 3 rings (SSSR count). The first kappa shape index (κ1) is 17.5. The first-order valence-corrected chi connectivity index (χ1v) is 8.61. The first-order valence-electron chi connectivity index (χ1n) is 8.61. The normalized spacial score (nSPS) is 17.5. The van der Waals surface area contributed by atoms with E-state index in [1.165, 1.54) is 0 Å². The molecule has 0 aromatic heterocycles. The maximum absolute atomic E-state index is 12.8. The molecule has 0 radical (unpaired) electrons. The van der Waals surface area contributed by atoms with Crippen LogP contribution < -0.4 is 14.8 Å². The van der Waals surface area contributed by atoms with Gasteiger partial charge in [-0.15, -0.1) is 0 Å². The molecular formula is C18H24N2O5. The molecule has 25 heavy (non-hydrogen) atoms. The lowest BCUT2D eigenvalue weighted by Gasteiger charge is -2.31. The fraction of sp³-hybridized carbons (Fsp3) is 0.556. The summed E-state index contributed by atoms with van der Waals surface area (Å²) < 4.78 is 15.9. The van der Waals surface area contributed by atoms with E-state index in [9.17, 15) is 9.59 Å². The first-order chi connectivity index (χ1) is 12.0. The number of amides is 2. The zero-order valence-electron chi connectivity index (χ0n) is 14.6. The standard InChI is InChI=1S/C18H24N2O5/c1-12(2)9-14(18(22)20-5-7-23-8-6-20)19-17(21)13-3-4-15-16(10-13)25-11-24-15/h3-4,10,12,14H,5-9,11H2,1-2H3,(H,19,21)/t14-/m0/s1. The Morgan fingerprint density at radius 1 is 1.16 bits per heavy atom. The second-order valence-corrected chi connectivity index (χ2v) is 6.66. The Morgan fingerprint density at radius 3 is 2.60 bits per heavy atom. The molecule has 2 aliphatic rings. The molecule has 0 unspecified atom stereocenters. The van der Waals surface area contributed by atoms with Crippen molar-refractivity contribution < 1.29 is 23.8 Å². The summed E-state index contributed by atoms with van der Waals surface area (Å²) in [4.78, 5) is 27.2. The second-order valence-electron chi connectivity index (χ2n) is 6.66. The lowest BCUT2D eigenvalue weighted by Crippen LogP contribution is -2.52. The lowest BCUT2D eigenvalue weighted by atomic mass is 10.0. The number of fused-ring (bicyclic) bond motifs is 1. The number of carbonyl (C=O) groups excluding carboxylic acids is 2. The van der Waals surface area contributed by atoms with Crippen LogP contribution in [-0.2, 0) is 9.53 Å². The third-order valence-electron chi connectivity index (χ3n) is 4.27. The van der Waals surface area contributed by atoms with E-state index in [2.05, 4.69) is 5.32 Å². The molecule has 0 saturated carbocycles. The van der Waals surface area contributed by atoms with Crippen LogP contribution in [0.1, 0.15) is 30.6 Å². The van der Waals surface area contributed by atoms with Crippen LogP contribution in [0.15, 0.2) is 18.2 Å². The Kier molecular flexibility index (Phi) is 5.43. The average Bonchev–Trinajstić information content (AvgIpc) is 3.08. The lowest BCUT2D eigenvalue weighted by molar-refractivity contribution is -0.137. The quantitative estimate of drug-likeness (QED) is 0.871. The van der Waals surface area contributed by atoms with Gasteiger partial charge in [0.2, 0.25) is 12.7 Å². The highest BCUT2D eigenvalue weighted by Crippen LogP contribution is 2.32. The van der Waals surface area contributed by atoms with Gasteiger partial charge in [0.15, 0.2) is 11.5 Å². The molecule has 1 saturated heterocycles. The van der Waals surface area contributed by atoms with Gasteiger partial charge in [-0.3, -0.25) is 9.59 Å². The van der Waals surface area contributed by atoms with Gasteiger partial charge >= 0.3 is 0 Å². The number of ether oxygens (including phenoxy) is 3. The van der Waals surface area contributed by atoms with Crippen molar-refractivity contribution in [2.24, 2.45) is 5.92 Å². The fourth-order valence-electron chi connectivity index (χ4n) is 2.98. The van der Waals surface area contributed by atoms with Gasteiger partial charge in [-0.25, -0.2) is 0 Å². The molecule has 0 spiro atoms. The summed E-state index contributed by atoms with van der Waals surface area (Å²) in [7, 11) is 0. The highest BCUT2D eigenvalue weighted by atomic mass is 16.7. The highest BCUT2D eigenvalue weighted by molar-refractivity contribution is 5.98. The molecule has 1 aromatic rings. The van der Waals surface area contributed by atoms with Crippen molar-refractivity contribution in [3.8, 4) is 11.5 Å². The predicted octanol–water partition coefficient (Wildman–Crippen LogP) is 1.42. The third-order valence-corrected chi connectivity index (χ3v) is 4.27. The monoisotopic (exact) mass is 348 g/mol. The summed E-state index contributed by atoms with van der Waals surface area (Å²) in [6.07, 6.45) is 0.590. The molecule has 0 bridgehead atoms. The van der Waals surface area contributed by atoms with E-state index >= 15 is 0 Å². The summed E-state index contributed by atoms with van der Waals surface area (Å²) >= 11 is 0. The van der Waals surface area contributed by atoms with Crippen LogP contribution in [-0.4, -0.2) is 55.9 Å². The van der Waals surface area contributed by atoms with Crippen LogP contribution in [0.5, 0.6) is 11.5 Å². The molecule has 136 valence electrons. The maximum Gasteiger partial charge on any atom is 0.252 e. The topological polar surface area (TPSA) is 77.1 Å². The molecule has 1 N–H and O–H groups in total. The van der Waals surface area contributed by atoms with Crippen molar-refractivity contribution in [2.75, 3.05) is 33.1 Å². The largest absolute Gasteiger partial charge is 0.454 e. The predicted molar refractivity (Wildman–Crippen MR) is 90.7 cm³/mol. The molecule has 2 amide bonds. The second kappa shape index (κ2) is 7.74. The van der Waals surface area contributed by atoms with Gasteiger partial charge in [0.25, 0.3) is 5.91 Å². The molecule has 1 fully saturated rings.